The molecule has 0 heterocycles. The summed E-state index contributed by atoms with van der Waals surface area (Å²) in [5, 5.41) is 4.72. The van der Waals surface area contributed by atoms with E-state index in [1.54, 1.807) is 7.11 Å². The third-order valence-corrected chi connectivity index (χ3v) is 14.1. The van der Waals surface area contributed by atoms with E-state index in [0.29, 0.717) is 24.0 Å². The molecule has 4 fully saturated rings. The zero-order valence-electron chi connectivity index (χ0n) is 27.5. The summed E-state index contributed by atoms with van der Waals surface area (Å²) in [6.07, 6.45) is 11.9. The number of nitrogens with zero attached hydrogens (tertiary/aromatic N) is 1. The van der Waals surface area contributed by atoms with Crippen LogP contribution >= 0.6 is 0 Å². The van der Waals surface area contributed by atoms with Crippen molar-refractivity contribution in [3.05, 3.63) is 0 Å². The van der Waals surface area contributed by atoms with E-state index in [-0.39, 0.29) is 11.0 Å². The molecule has 4 rings (SSSR count). The maximum absolute atomic E-state index is 7.36. The van der Waals surface area contributed by atoms with Gasteiger partial charge in [-0.15, -0.1) is 0 Å². The lowest BCUT2D eigenvalue weighted by Crippen LogP contribution is -2.62. The number of oxime groups is 1. The molecule has 8 unspecified atom stereocenters. The van der Waals surface area contributed by atoms with Crippen molar-refractivity contribution in [1.82, 2.24) is 0 Å². The van der Waals surface area contributed by atoms with Gasteiger partial charge in [-0.2, -0.15) is 0 Å². The monoisotopic (exact) mass is 595 g/mol. The number of rotatable bonds is 9. The normalized spacial score (nSPS) is 41.5. The maximum Gasteiger partial charge on any atom is 0.185 e. The minimum absolute atomic E-state index is 0.0654. The van der Waals surface area contributed by atoms with E-state index < -0.39 is 25.0 Å². The van der Waals surface area contributed by atoms with Crippen molar-refractivity contribution in [3.63, 3.8) is 0 Å². The van der Waals surface area contributed by atoms with Gasteiger partial charge in [-0.25, -0.2) is 0 Å². The minimum atomic E-state index is -1.89. The smallest absolute Gasteiger partial charge is 0.185 e. The second-order valence-corrected chi connectivity index (χ2v) is 30.3. The SMILES string of the molecule is CON=C(CO[Si](C)(C)C)C1(O[Si](C)(C)C)CCC2C3CCC4CC(O[Si](C)(C)C)CCC4(C)C3CCC21C. The van der Waals surface area contributed by atoms with Crippen LogP contribution in [-0.4, -0.2) is 56.1 Å². The van der Waals surface area contributed by atoms with Crippen LogP contribution in [0.15, 0.2) is 5.16 Å². The Kier molecular flexibility index (Phi) is 8.95. The van der Waals surface area contributed by atoms with Gasteiger partial charge in [0.25, 0.3) is 0 Å². The van der Waals surface area contributed by atoms with Gasteiger partial charge in [-0.1, -0.05) is 19.0 Å². The highest BCUT2D eigenvalue weighted by Crippen LogP contribution is 2.69. The molecule has 0 aromatic rings. The van der Waals surface area contributed by atoms with Crippen molar-refractivity contribution in [2.24, 2.45) is 39.7 Å². The molecule has 39 heavy (non-hydrogen) atoms. The molecule has 5 nitrogen and oxygen atoms in total. The molecule has 226 valence electrons. The standard InChI is InChI=1S/C31H61NO4Si3/c1-29-18-15-24(35-38(7,8)9)21-23(29)13-14-25-26(29)16-19-30(2)27(25)17-20-31(30,36-39(10,11)12)28(32-33-3)22-34-37(4,5)6/h23-27H,13-22H2,1-12H3. The highest BCUT2D eigenvalue weighted by molar-refractivity contribution is 6.70. The summed E-state index contributed by atoms with van der Waals surface area (Å²) in [6, 6.07) is 0. The third-order valence-electron chi connectivity index (χ3n) is 11.0. The first kappa shape index (κ1) is 31.9. The molecule has 0 N–H and O–H groups in total. The fourth-order valence-corrected chi connectivity index (χ4v) is 12.9. The number of fused-ring (bicyclic) bond motifs is 5. The summed E-state index contributed by atoms with van der Waals surface area (Å²) in [7, 11) is -3.43. The van der Waals surface area contributed by atoms with E-state index in [1.165, 1.54) is 51.4 Å². The van der Waals surface area contributed by atoms with Crippen LogP contribution < -0.4 is 0 Å². The minimum Gasteiger partial charge on any atom is -0.415 e. The lowest BCUT2D eigenvalue weighted by molar-refractivity contribution is -0.139. The summed E-state index contributed by atoms with van der Waals surface area (Å²) in [4.78, 5) is 5.53. The second kappa shape index (κ2) is 10.9. The number of hydrogen-bond donors (Lipinski definition) is 0. The predicted molar refractivity (Wildman–Crippen MR) is 171 cm³/mol. The van der Waals surface area contributed by atoms with E-state index in [9.17, 15) is 0 Å². The molecule has 8 heteroatoms. The summed E-state index contributed by atoms with van der Waals surface area (Å²) in [5.41, 5.74) is 1.15. The van der Waals surface area contributed by atoms with Crippen LogP contribution in [0.2, 0.25) is 58.9 Å². The van der Waals surface area contributed by atoms with Crippen molar-refractivity contribution in [1.29, 1.82) is 0 Å². The van der Waals surface area contributed by atoms with Crippen LogP contribution in [-0.2, 0) is 18.1 Å². The van der Waals surface area contributed by atoms with Gasteiger partial charge in [0.2, 0.25) is 0 Å². The molecule has 0 saturated heterocycles. The zero-order chi connectivity index (χ0) is 29.1. The Morgan fingerprint density at radius 1 is 0.769 bits per heavy atom. The van der Waals surface area contributed by atoms with Gasteiger partial charge in [-0.3, -0.25) is 0 Å². The van der Waals surface area contributed by atoms with Crippen LogP contribution in [0.25, 0.3) is 0 Å². The van der Waals surface area contributed by atoms with E-state index >= 15 is 0 Å². The molecule has 8 atom stereocenters. The fourth-order valence-electron chi connectivity index (χ4n) is 9.66. The predicted octanol–water partition coefficient (Wildman–Crippen LogP) is 8.69. The summed E-state index contributed by atoms with van der Waals surface area (Å²) in [5.74, 6) is 3.10. The summed E-state index contributed by atoms with van der Waals surface area (Å²) >= 11 is 0. The first-order valence-corrected chi connectivity index (χ1v) is 26.2. The van der Waals surface area contributed by atoms with Crippen molar-refractivity contribution in [3.8, 4) is 0 Å². The first-order chi connectivity index (χ1) is 17.8. The zero-order valence-corrected chi connectivity index (χ0v) is 30.5. The molecule has 0 spiro atoms. The van der Waals surface area contributed by atoms with Crippen molar-refractivity contribution in [2.75, 3.05) is 13.7 Å². The van der Waals surface area contributed by atoms with Crippen molar-refractivity contribution in [2.45, 2.75) is 142 Å². The van der Waals surface area contributed by atoms with Crippen LogP contribution in [0.3, 0.4) is 0 Å². The van der Waals surface area contributed by atoms with Gasteiger partial charge in [0.15, 0.2) is 25.0 Å². The second-order valence-electron chi connectivity index (χ2n) is 16.9. The maximum atomic E-state index is 7.36. The van der Waals surface area contributed by atoms with Gasteiger partial charge >= 0.3 is 0 Å². The molecule has 0 bridgehead atoms. The lowest BCUT2D eigenvalue weighted by Gasteiger charge is -2.62. The Balaban J connectivity index is 1.63. The van der Waals surface area contributed by atoms with Gasteiger partial charge in [0.1, 0.15) is 18.4 Å². The van der Waals surface area contributed by atoms with Crippen molar-refractivity contribution < 1.29 is 18.1 Å². The topological polar surface area (TPSA) is 49.3 Å². The van der Waals surface area contributed by atoms with Crippen LogP contribution in [0, 0.1) is 34.5 Å². The quantitative estimate of drug-likeness (QED) is 0.152. The average Bonchev–Trinajstić information content (AvgIpc) is 3.06. The number of hydrogen-bond acceptors (Lipinski definition) is 5. The van der Waals surface area contributed by atoms with Gasteiger partial charge < -0.3 is 18.1 Å². The molecule has 4 saturated carbocycles. The van der Waals surface area contributed by atoms with Gasteiger partial charge in [0.05, 0.1) is 6.61 Å². The Bertz CT molecular complexity index is 909. The summed E-state index contributed by atoms with van der Waals surface area (Å²) < 4.78 is 20.5. The molecule has 0 aliphatic heterocycles. The van der Waals surface area contributed by atoms with Gasteiger partial charge in [-0.05, 0) is 146 Å². The molecule has 0 aromatic carbocycles. The molecule has 0 aromatic heterocycles. The van der Waals surface area contributed by atoms with E-state index in [0.717, 1.165) is 29.9 Å². The van der Waals surface area contributed by atoms with Crippen molar-refractivity contribution >= 4 is 30.7 Å². The van der Waals surface area contributed by atoms with E-state index in [2.05, 4.69) is 72.8 Å². The lowest BCUT2D eigenvalue weighted by atomic mass is 9.44. The van der Waals surface area contributed by atoms with Crippen LogP contribution in [0.4, 0.5) is 0 Å². The van der Waals surface area contributed by atoms with Gasteiger partial charge in [0, 0.05) is 11.5 Å². The molecule has 0 amide bonds. The largest absolute Gasteiger partial charge is 0.415 e. The highest BCUT2D eigenvalue weighted by Gasteiger charge is 2.67. The first-order valence-electron chi connectivity index (χ1n) is 16.0. The molecular formula is C31H61NO4Si3. The van der Waals surface area contributed by atoms with Crippen LogP contribution in [0.5, 0.6) is 0 Å². The average molecular weight is 596 g/mol. The molecule has 4 aliphatic carbocycles. The Morgan fingerprint density at radius 3 is 2.03 bits per heavy atom. The molecule has 4 aliphatic rings. The van der Waals surface area contributed by atoms with Crippen LogP contribution in [0.1, 0.15) is 71.6 Å². The molecule has 0 radical (unpaired) electrons. The summed E-state index contributed by atoms with van der Waals surface area (Å²) in [6.45, 7) is 26.6. The Hall–Kier alpha value is 0.000649. The van der Waals surface area contributed by atoms with E-state index in [4.69, 9.17) is 23.3 Å². The Labute approximate surface area is 243 Å². The highest BCUT2D eigenvalue weighted by atomic mass is 28.4. The van der Waals surface area contributed by atoms with E-state index in [1.807, 2.05) is 0 Å². The molecular weight excluding hydrogens is 535 g/mol. The Morgan fingerprint density at radius 2 is 1.44 bits per heavy atom. The third kappa shape index (κ3) is 6.36. The fraction of sp³-hybridized carbons (Fsp3) is 0.968.